The van der Waals surface area contributed by atoms with Crippen LogP contribution in [-0.4, -0.2) is 10.2 Å². The maximum atomic E-state index is 3.95. The summed E-state index contributed by atoms with van der Waals surface area (Å²) in [6.07, 6.45) is 1.79. The third kappa shape index (κ3) is 2.34. The molecule has 0 amide bonds. The van der Waals surface area contributed by atoms with Crippen molar-refractivity contribution in [3.63, 3.8) is 0 Å². The van der Waals surface area contributed by atoms with Gasteiger partial charge in [-0.15, -0.1) is 11.8 Å². The Hall–Kier alpha value is -1.74. The lowest BCUT2D eigenvalue weighted by Gasteiger charge is -2.02. The topological polar surface area (TPSA) is 28.7 Å². The van der Waals surface area contributed by atoms with Gasteiger partial charge in [-0.25, -0.2) is 0 Å². The second kappa shape index (κ2) is 4.63. The van der Waals surface area contributed by atoms with Crippen LogP contribution < -0.4 is 0 Å². The van der Waals surface area contributed by atoms with Gasteiger partial charge in [-0.2, -0.15) is 5.10 Å². The van der Waals surface area contributed by atoms with Crippen LogP contribution in [-0.2, 0) is 5.75 Å². The van der Waals surface area contributed by atoms with Crippen molar-refractivity contribution in [2.75, 3.05) is 0 Å². The summed E-state index contributed by atoms with van der Waals surface area (Å²) in [7, 11) is 0. The lowest BCUT2D eigenvalue weighted by molar-refractivity contribution is 1.04. The minimum absolute atomic E-state index is 0.929. The number of rotatable bonds is 3. The average Bonchev–Trinajstić information content (AvgIpc) is 2.89. The summed E-state index contributed by atoms with van der Waals surface area (Å²) in [4.78, 5) is 1.29. The van der Waals surface area contributed by atoms with E-state index in [1.807, 2.05) is 17.8 Å². The van der Waals surface area contributed by atoms with E-state index in [1.54, 1.807) is 6.20 Å². The van der Waals surface area contributed by atoms with Crippen LogP contribution in [0.1, 0.15) is 5.69 Å². The number of aromatic nitrogens is 2. The van der Waals surface area contributed by atoms with Crippen LogP contribution in [0.3, 0.4) is 0 Å². The molecule has 0 unspecified atom stereocenters. The largest absolute Gasteiger partial charge is 0.282 e. The van der Waals surface area contributed by atoms with E-state index in [0.717, 1.165) is 11.4 Å². The SMILES string of the molecule is c1ccc2cc(SCc3ccn[nH]3)ccc2c1. The van der Waals surface area contributed by atoms with Crippen LogP contribution >= 0.6 is 11.8 Å². The second-order valence-electron chi connectivity index (χ2n) is 3.88. The molecule has 0 atom stereocenters. The molecule has 3 heteroatoms. The minimum atomic E-state index is 0.929. The normalized spacial score (nSPS) is 10.8. The van der Waals surface area contributed by atoms with E-state index in [4.69, 9.17) is 0 Å². The van der Waals surface area contributed by atoms with Gasteiger partial charge in [-0.3, -0.25) is 5.10 Å². The summed E-state index contributed by atoms with van der Waals surface area (Å²) >= 11 is 1.82. The van der Waals surface area contributed by atoms with E-state index in [0.29, 0.717) is 0 Å². The van der Waals surface area contributed by atoms with Gasteiger partial charge in [0.1, 0.15) is 0 Å². The quantitative estimate of drug-likeness (QED) is 0.704. The van der Waals surface area contributed by atoms with Crippen molar-refractivity contribution in [1.29, 1.82) is 0 Å². The smallest absolute Gasteiger partial charge is 0.0490 e. The Morgan fingerprint density at radius 2 is 1.88 bits per heavy atom. The van der Waals surface area contributed by atoms with Crippen LogP contribution in [0.5, 0.6) is 0 Å². The number of benzene rings is 2. The van der Waals surface area contributed by atoms with E-state index >= 15 is 0 Å². The van der Waals surface area contributed by atoms with Crippen molar-refractivity contribution < 1.29 is 0 Å². The molecular weight excluding hydrogens is 228 g/mol. The predicted molar refractivity (Wildman–Crippen MR) is 72.1 cm³/mol. The molecule has 1 aromatic heterocycles. The molecular formula is C14H12N2S. The first-order valence-corrected chi connectivity index (χ1v) is 6.50. The molecule has 2 nitrogen and oxygen atoms in total. The number of thioether (sulfide) groups is 1. The molecule has 84 valence electrons. The molecule has 1 heterocycles. The molecule has 3 rings (SSSR count). The van der Waals surface area contributed by atoms with E-state index < -0.39 is 0 Å². The number of hydrogen-bond acceptors (Lipinski definition) is 2. The van der Waals surface area contributed by atoms with Crippen molar-refractivity contribution in [2.24, 2.45) is 0 Å². The Morgan fingerprint density at radius 1 is 1.00 bits per heavy atom. The van der Waals surface area contributed by atoms with E-state index in [9.17, 15) is 0 Å². The summed E-state index contributed by atoms with van der Waals surface area (Å²) in [6.45, 7) is 0. The Kier molecular flexibility index (Phi) is 2.84. The van der Waals surface area contributed by atoms with Gasteiger partial charge in [0.15, 0.2) is 0 Å². The van der Waals surface area contributed by atoms with Gasteiger partial charge >= 0.3 is 0 Å². The summed E-state index contributed by atoms with van der Waals surface area (Å²) in [5, 5.41) is 9.50. The third-order valence-electron chi connectivity index (χ3n) is 2.67. The highest BCUT2D eigenvalue weighted by Crippen LogP contribution is 2.25. The summed E-state index contributed by atoms with van der Waals surface area (Å²) < 4.78 is 0. The van der Waals surface area contributed by atoms with E-state index in [1.165, 1.54) is 15.7 Å². The van der Waals surface area contributed by atoms with E-state index in [-0.39, 0.29) is 0 Å². The van der Waals surface area contributed by atoms with Crippen molar-refractivity contribution in [1.82, 2.24) is 10.2 Å². The Labute approximate surface area is 104 Å². The minimum Gasteiger partial charge on any atom is -0.282 e. The summed E-state index contributed by atoms with van der Waals surface area (Å²) in [5.74, 6) is 0.929. The van der Waals surface area contributed by atoms with Crippen molar-refractivity contribution >= 4 is 22.5 Å². The lowest BCUT2D eigenvalue weighted by atomic mass is 10.1. The van der Waals surface area contributed by atoms with Gasteiger partial charge < -0.3 is 0 Å². The first-order chi connectivity index (χ1) is 8.42. The average molecular weight is 240 g/mol. The Balaban J connectivity index is 1.81. The van der Waals surface area contributed by atoms with Crippen LogP contribution in [0.4, 0.5) is 0 Å². The third-order valence-corrected chi connectivity index (χ3v) is 3.72. The highest BCUT2D eigenvalue weighted by Gasteiger charge is 1.99. The molecule has 0 aliphatic rings. The number of H-pyrrole nitrogens is 1. The first kappa shape index (κ1) is 10.4. The number of aromatic amines is 1. The van der Waals surface area contributed by atoms with Gasteiger partial charge in [-0.05, 0) is 29.0 Å². The number of nitrogens with zero attached hydrogens (tertiary/aromatic N) is 1. The standard InChI is InChI=1S/C14H12N2S/c1-2-4-12-9-14(6-5-11(12)3-1)17-10-13-7-8-15-16-13/h1-9H,10H2,(H,15,16). The number of hydrogen-bond donors (Lipinski definition) is 1. The zero-order valence-electron chi connectivity index (χ0n) is 9.26. The molecule has 0 radical (unpaired) electrons. The van der Waals surface area contributed by atoms with Gasteiger partial charge in [-0.1, -0.05) is 30.3 Å². The first-order valence-electron chi connectivity index (χ1n) is 5.52. The zero-order chi connectivity index (χ0) is 11.5. The molecule has 1 N–H and O–H groups in total. The van der Waals surface area contributed by atoms with Crippen LogP contribution in [0.25, 0.3) is 10.8 Å². The zero-order valence-corrected chi connectivity index (χ0v) is 10.1. The summed E-state index contributed by atoms with van der Waals surface area (Å²) in [5.41, 5.74) is 1.16. The molecule has 3 aromatic rings. The second-order valence-corrected chi connectivity index (χ2v) is 4.93. The molecule has 0 fully saturated rings. The molecule has 2 aromatic carbocycles. The number of fused-ring (bicyclic) bond motifs is 1. The molecule has 0 aliphatic heterocycles. The maximum Gasteiger partial charge on any atom is 0.0490 e. The predicted octanol–water partition coefficient (Wildman–Crippen LogP) is 3.86. The maximum absolute atomic E-state index is 3.95. The van der Waals surface area contributed by atoms with Crippen molar-refractivity contribution in [2.45, 2.75) is 10.6 Å². The fourth-order valence-electron chi connectivity index (χ4n) is 1.78. The highest BCUT2D eigenvalue weighted by molar-refractivity contribution is 7.98. The van der Waals surface area contributed by atoms with Crippen LogP contribution in [0.15, 0.2) is 59.6 Å². The van der Waals surface area contributed by atoms with Crippen molar-refractivity contribution in [3.05, 3.63) is 60.4 Å². The fourth-order valence-corrected chi connectivity index (χ4v) is 2.64. The van der Waals surface area contributed by atoms with Crippen LogP contribution in [0.2, 0.25) is 0 Å². The molecule has 17 heavy (non-hydrogen) atoms. The number of nitrogens with one attached hydrogen (secondary N) is 1. The summed E-state index contributed by atoms with van der Waals surface area (Å²) in [6, 6.07) is 17.0. The van der Waals surface area contributed by atoms with Crippen LogP contribution in [0, 0.1) is 0 Å². The van der Waals surface area contributed by atoms with Crippen molar-refractivity contribution in [3.8, 4) is 0 Å². The molecule has 0 spiro atoms. The molecule has 0 saturated carbocycles. The van der Waals surface area contributed by atoms with Gasteiger partial charge in [0.2, 0.25) is 0 Å². The Bertz CT molecular complexity index is 617. The van der Waals surface area contributed by atoms with Gasteiger partial charge in [0.05, 0.1) is 0 Å². The highest BCUT2D eigenvalue weighted by atomic mass is 32.2. The van der Waals surface area contributed by atoms with Gasteiger partial charge in [0, 0.05) is 22.5 Å². The Morgan fingerprint density at radius 3 is 2.71 bits per heavy atom. The monoisotopic (exact) mass is 240 g/mol. The molecule has 0 saturated heterocycles. The van der Waals surface area contributed by atoms with E-state index in [2.05, 4.69) is 52.7 Å². The van der Waals surface area contributed by atoms with Gasteiger partial charge in [0.25, 0.3) is 0 Å². The molecule has 0 bridgehead atoms. The lowest BCUT2D eigenvalue weighted by Crippen LogP contribution is -1.81. The molecule has 0 aliphatic carbocycles. The fraction of sp³-hybridized carbons (Fsp3) is 0.0714.